The van der Waals surface area contributed by atoms with Gasteiger partial charge in [-0.05, 0) is 68.1 Å². The minimum absolute atomic E-state index is 0.00817. The van der Waals surface area contributed by atoms with Gasteiger partial charge in [-0.25, -0.2) is 4.98 Å². The maximum atomic E-state index is 12.3. The number of carbonyl (C=O) groups excluding carboxylic acids is 1. The third-order valence-electron chi connectivity index (χ3n) is 5.96. The summed E-state index contributed by atoms with van der Waals surface area (Å²) in [5, 5.41) is 3.57. The quantitative estimate of drug-likeness (QED) is 0.243. The topological polar surface area (TPSA) is 65.4 Å². The third-order valence-corrected chi connectivity index (χ3v) is 6.27. The fourth-order valence-electron chi connectivity index (χ4n) is 4.06. The van der Waals surface area contributed by atoms with E-state index in [1.165, 1.54) is 0 Å². The van der Waals surface area contributed by atoms with E-state index in [1.54, 1.807) is 0 Å². The molecule has 0 aliphatic heterocycles. The summed E-state index contributed by atoms with van der Waals surface area (Å²) < 4.78 is 13.8. The van der Waals surface area contributed by atoms with E-state index in [4.69, 9.17) is 26.1 Å². The van der Waals surface area contributed by atoms with Crippen LogP contribution in [0.4, 0.5) is 0 Å². The summed E-state index contributed by atoms with van der Waals surface area (Å²) in [5.74, 6) is 2.33. The lowest BCUT2D eigenvalue weighted by atomic mass is 10.1. The van der Waals surface area contributed by atoms with Crippen LogP contribution >= 0.6 is 11.6 Å². The number of aryl methyl sites for hydroxylation is 4. The van der Waals surface area contributed by atoms with E-state index in [-0.39, 0.29) is 12.5 Å². The lowest BCUT2D eigenvalue weighted by Crippen LogP contribution is -2.30. The number of amides is 1. The number of fused-ring (bicyclic) bond motifs is 1. The van der Waals surface area contributed by atoms with Gasteiger partial charge in [0.15, 0.2) is 6.61 Å². The van der Waals surface area contributed by atoms with E-state index in [0.29, 0.717) is 23.9 Å². The smallest absolute Gasteiger partial charge is 0.257 e. The molecule has 1 N–H and O–H groups in total. The lowest BCUT2D eigenvalue weighted by molar-refractivity contribution is -0.123. The molecule has 4 aromatic rings. The Hall–Kier alpha value is -3.51. The van der Waals surface area contributed by atoms with Crippen molar-refractivity contribution in [2.45, 2.75) is 39.7 Å². The Bertz CT molecular complexity index is 1320. The van der Waals surface area contributed by atoms with Gasteiger partial charge in [0.1, 0.15) is 17.3 Å². The van der Waals surface area contributed by atoms with Crippen LogP contribution in [0, 0.1) is 13.8 Å². The highest BCUT2D eigenvalue weighted by molar-refractivity contribution is 6.32. The minimum atomic E-state index is -0.124. The van der Waals surface area contributed by atoms with Gasteiger partial charge in [0.05, 0.1) is 22.7 Å². The molecule has 36 heavy (non-hydrogen) atoms. The van der Waals surface area contributed by atoms with E-state index < -0.39 is 0 Å². The summed E-state index contributed by atoms with van der Waals surface area (Å²) in [6.45, 7) is 5.90. The Morgan fingerprint density at radius 1 is 0.972 bits per heavy atom. The molecule has 0 fully saturated rings. The molecule has 1 amide bonds. The van der Waals surface area contributed by atoms with Crippen LogP contribution in [0.3, 0.4) is 0 Å². The predicted molar refractivity (Wildman–Crippen MR) is 144 cm³/mol. The largest absolute Gasteiger partial charge is 0.492 e. The monoisotopic (exact) mass is 505 g/mol. The number of rotatable bonds is 12. The SMILES string of the molecule is Cc1ccc(C)c(OCC(=O)NCCCc2nc3ccccc3n2CCCOc2ccccc2Cl)c1. The molecular weight excluding hydrogens is 474 g/mol. The van der Waals surface area contributed by atoms with Gasteiger partial charge in [-0.1, -0.05) is 48.0 Å². The molecule has 0 bridgehead atoms. The van der Waals surface area contributed by atoms with Gasteiger partial charge in [-0.15, -0.1) is 0 Å². The highest BCUT2D eigenvalue weighted by atomic mass is 35.5. The fourth-order valence-corrected chi connectivity index (χ4v) is 4.25. The van der Waals surface area contributed by atoms with E-state index >= 15 is 0 Å². The van der Waals surface area contributed by atoms with Gasteiger partial charge in [0, 0.05) is 19.5 Å². The van der Waals surface area contributed by atoms with Crippen LogP contribution < -0.4 is 14.8 Å². The van der Waals surface area contributed by atoms with Gasteiger partial charge in [-0.3, -0.25) is 4.79 Å². The standard InChI is InChI=1S/C29H32ClN3O3/c1-21-14-15-22(2)27(19-21)36-20-29(34)31-16-7-13-28-32-24-10-4-5-11-25(24)33(28)17-8-18-35-26-12-6-3-9-23(26)30/h3-6,9-12,14-15,19H,7-8,13,16-18,20H2,1-2H3,(H,31,34). The molecule has 0 spiro atoms. The number of benzene rings is 3. The molecule has 188 valence electrons. The van der Waals surface area contributed by atoms with Gasteiger partial charge < -0.3 is 19.4 Å². The molecule has 6 nitrogen and oxygen atoms in total. The zero-order chi connectivity index (χ0) is 25.3. The highest BCUT2D eigenvalue weighted by Crippen LogP contribution is 2.24. The number of halogens is 1. The van der Waals surface area contributed by atoms with Gasteiger partial charge in [0.2, 0.25) is 0 Å². The molecule has 0 unspecified atom stereocenters. The molecule has 1 aromatic heterocycles. The summed E-state index contributed by atoms with van der Waals surface area (Å²) in [5.41, 5.74) is 4.21. The number of hydrogen-bond acceptors (Lipinski definition) is 4. The number of carbonyl (C=O) groups is 1. The number of aromatic nitrogens is 2. The number of nitrogens with zero attached hydrogens (tertiary/aromatic N) is 2. The number of imidazole rings is 1. The van der Waals surface area contributed by atoms with Crippen molar-refractivity contribution < 1.29 is 14.3 Å². The third kappa shape index (κ3) is 6.79. The number of hydrogen-bond donors (Lipinski definition) is 1. The van der Waals surface area contributed by atoms with Crippen LogP contribution in [-0.4, -0.2) is 35.2 Å². The van der Waals surface area contributed by atoms with Crippen molar-refractivity contribution in [1.29, 1.82) is 0 Å². The summed E-state index contributed by atoms with van der Waals surface area (Å²) in [7, 11) is 0. The Balaban J connectivity index is 1.27. The first kappa shape index (κ1) is 25.6. The normalized spacial score (nSPS) is 11.0. The van der Waals surface area contributed by atoms with E-state index in [0.717, 1.165) is 59.5 Å². The molecule has 3 aromatic carbocycles. The zero-order valence-electron chi connectivity index (χ0n) is 20.8. The molecule has 0 saturated carbocycles. The molecule has 0 atom stereocenters. The Labute approximate surface area is 217 Å². The van der Waals surface area contributed by atoms with E-state index in [9.17, 15) is 4.79 Å². The van der Waals surface area contributed by atoms with Crippen molar-refractivity contribution in [1.82, 2.24) is 14.9 Å². The van der Waals surface area contributed by atoms with Crippen molar-refractivity contribution in [3.05, 3.63) is 88.7 Å². The molecular formula is C29H32ClN3O3. The van der Waals surface area contributed by atoms with Crippen LogP contribution in [0.2, 0.25) is 5.02 Å². The number of nitrogens with one attached hydrogen (secondary N) is 1. The molecule has 0 radical (unpaired) electrons. The Kier molecular flexibility index (Phi) is 8.85. The van der Waals surface area contributed by atoms with Gasteiger partial charge in [-0.2, -0.15) is 0 Å². The van der Waals surface area contributed by atoms with Crippen LogP contribution in [0.25, 0.3) is 11.0 Å². The van der Waals surface area contributed by atoms with Gasteiger partial charge in [0.25, 0.3) is 5.91 Å². The molecule has 0 saturated heterocycles. The molecule has 0 aliphatic rings. The first-order valence-electron chi connectivity index (χ1n) is 12.3. The van der Waals surface area contributed by atoms with Crippen molar-refractivity contribution in [2.24, 2.45) is 0 Å². The number of para-hydroxylation sites is 3. The minimum Gasteiger partial charge on any atom is -0.492 e. The Morgan fingerprint density at radius 3 is 2.64 bits per heavy atom. The average molecular weight is 506 g/mol. The van der Waals surface area contributed by atoms with Crippen molar-refractivity contribution in [2.75, 3.05) is 19.8 Å². The average Bonchev–Trinajstić information content (AvgIpc) is 3.23. The van der Waals surface area contributed by atoms with E-state index in [1.807, 2.05) is 74.5 Å². The maximum Gasteiger partial charge on any atom is 0.257 e. The summed E-state index contributed by atoms with van der Waals surface area (Å²) in [4.78, 5) is 17.1. The molecule has 1 heterocycles. The van der Waals surface area contributed by atoms with Crippen molar-refractivity contribution >= 4 is 28.5 Å². The van der Waals surface area contributed by atoms with Crippen molar-refractivity contribution in [3.63, 3.8) is 0 Å². The maximum absolute atomic E-state index is 12.3. The number of ether oxygens (including phenoxy) is 2. The summed E-state index contributed by atoms with van der Waals surface area (Å²) in [6.07, 6.45) is 2.37. The highest BCUT2D eigenvalue weighted by Gasteiger charge is 2.11. The van der Waals surface area contributed by atoms with Crippen molar-refractivity contribution in [3.8, 4) is 11.5 Å². The molecule has 7 heteroatoms. The second-order valence-electron chi connectivity index (χ2n) is 8.81. The Morgan fingerprint density at radius 2 is 1.78 bits per heavy atom. The molecule has 4 rings (SSSR count). The summed E-state index contributed by atoms with van der Waals surface area (Å²) >= 11 is 6.19. The second kappa shape index (κ2) is 12.5. The van der Waals surface area contributed by atoms with Crippen LogP contribution in [-0.2, 0) is 17.8 Å². The fraction of sp³-hybridized carbons (Fsp3) is 0.310. The molecule has 0 aliphatic carbocycles. The second-order valence-corrected chi connectivity index (χ2v) is 9.22. The lowest BCUT2D eigenvalue weighted by Gasteiger charge is -2.12. The predicted octanol–water partition coefficient (Wildman–Crippen LogP) is 5.90. The zero-order valence-corrected chi connectivity index (χ0v) is 21.6. The first-order valence-corrected chi connectivity index (χ1v) is 12.7. The first-order chi connectivity index (χ1) is 17.5. The van der Waals surface area contributed by atoms with Crippen LogP contribution in [0.15, 0.2) is 66.7 Å². The van der Waals surface area contributed by atoms with Crippen LogP contribution in [0.5, 0.6) is 11.5 Å². The van der Waals surface area contributed by atoms with Gasteiger partial charge >= 0.3 is 0 Å². The summed E-state index contributed by atoms with van der Waals surface area (Å²) in [6, 6.07) is 21.6. The van der Waals surface area contributed by atoms with E-state index in [2.05, 4.69) is 16.0 Å². The van der Waals surface area contributed by atoms with Crippen LogP contribution in [0.1, 0.15) is 29.8 Å².